The Hall–Kier alpha value is -1.96. The molecule has 7 nitrogen and oxygen atoms in total. The van der Waals surface area contributed by atoms with Gasteiger partial charge in [0.05, 0.1) is 5.69 Å². The number of urea groups is 1. The number of anilines is 1. The molecule has 1 aliphatic carbocycles. The van der Waals surface area contributed by atoms with Gasteiger partial charge in [-0.1, -0.05) is 33.1 Å². The summed E-state index contributed by atoms with van der Waals surface area (Å²) >= 11 is 1.38. The van der Waals surface area contributed by atoms with Crippen LogP contribution in [0.5, 0.6) is 0 Å². The maximum absolute atomic E-state index is 12.6. The SMILES string of the molecule is CC(C)c1csc(NC(=O)CCN2C(=O)NC3(CCCCC3)C2=O)n1. The highest BCUT2D eigenvalue weighted by Gasteiger charge is 2.51. The van der Waals surface area contributed by atoms with Crippen molar-refractivity contribution in [2.45, 2.75) is 63.8 Å². The molecule has 3 rings (SSSR count). The lowest BCUT2D eigenvalue weighted by Gasteiger charge is -2.30. The number of hydrogen-bond donors (Lipinski definition) is 2. The third-order valence-corrected chi connectivity index (χ3v) is 5.65. The topological polar surface area (TPSA) is 91.4 Å². The lowest BCUT2D eigenvalue weighted by Crippen LogP contribution is -2.48. The van der Waals surface area contributed by atoms with E-state index in [4.69, 9.17) is 0 Å². The first-order chi connectivity index (χ1) is 11.9. The van der Waals surface area contributed by atoms with Gasteiger partial charge in [0.25, 0.3) is 5.91 Å². The van der Waals surface area contributed by atoms with Crippen LogP contribution in [0.3, 0.4) is 0 Å². The van der Waals surface area contributed by atoms with E-state index < -0.39 is 5.54 Å². The van der Waals surface area contributed by atoms with Crippen molar-refractivity contribution in [2.75, 3.05) is 11.9 Å². The number of carbonyl (C=O) groups is 3. The van der Waals surface area contributed by atoms with Crippen LogP contribution in [-0.2, 0) is 9.59 Å². The van der Waals surface area contributed by atoms with Crippen LogP contribution in [0.15, 0.2) is 5.38 Å². The van der Waals surface area contributed by atoms with Crippen LogP contribution in [-0.4, -0.2) is 39.8 Å². The predicted molar refractivity (Wildman–Crippen MR) is 95.5 cm³/mol. The van der Waals surface area contributed by atoms with Crippen molar-refractivity contribution in [1.82, 2.24) is 15.2 Å². The first-order valence-corrected chi connectivity index (χ1v) is 9.69. The fourth-order valence-electron chi connectivity index (χ4n) is 3.38. The van der Waals surface area contributed by atoms with Gasteiger partial charge in [-0.25, -0.2) is 9.78 Å². The summed E-state index contributed by atoms with van der Waals surface area (Å²) in [7, 11) is 0. The van der Waals surface area contributed by atoms with Crippen molar-refractivity contribution in [2.24, 2.45) is 0 Å². The monoisotopic (exact) mass is 364 g/mol. The van der Waals surface area contributed by atoms with Crippen molar-refractivity contribution in [3.8, 4) is 0 Å². The van der Waals surface area contributed by atoms with E-state index in [-0.39, 0.29) is 30.8 Å². The number of hydrogen-bond acceptors (Lipinski definition) is 5. The van der Waals surface area contributed by atoms with Gasteiger partial charge in [0.2, 0.25) is 5.91 Å². The van der Waals surface area contributed by atoms with Crippen LogP contribution in [0.25, 0.3) is 0 Å². The molecule has 0 atom stereocenters. The van der Waals surface area contributed by atoms with Crippen molar-refractivity contribution in [1.29, 1.82) is 0 Å². The first-order valence-electron chi connectivity index (χ1n) is 8.81. The third-order valence-electron chi connectivity index (χ3n) is 4.88. The highest BCUT2D eigenvalue weighted by atomic mass is 32.1. The minimum Gasteiger partial charge on any atom is -0.323 e. The molecular weight excluding hydrogens is 340 g/mol. The highest BCUT2D eigenvalue weighted by molar-refractivity contribution is 7.13. The Balaban J connectivity index is 1.54. The van der Waals surface area contributed by atoms with E-state index in [2.05, 4.69) is 15.6 Å². The van der Waals surface area contributed by atoms with Gasteiger partial charge >= 0.3 is 6.03 Å². The molecule has 25 heavy (non-hydrogen) atoms. The summed E-state index contributed by atoms with van der Waals surface area (Å²) in [5.74, 6) is -0.115. The van der Waals surface area contributed by atoms with Gasteiger partial charge in [0, 0.05) is 18.3 Å². The minimum absolute atomic E-state index is 0.0752. The number of imide groups is 1. The maximum atomic E-state index is 12.6. The second-order valence-corrected chi connectivity index (χ2v) is 7.92. The molecule has 1 saturated heterocycles. The molecule has 2 aliphatic rings. The minimum atomic E-state index is -0.729. The van der Waals surface area contributed by atoms with Gasteiger partial charge in [-0.2, -0.15) is 0 Å². The predicted octanol–water partition coefficient (Wildman–Crippen LogP) is 2.85. The molecule has 1 spiro atoms. The van der Waals surface area contributed by atoms with Gasteiger partial charge in [-0.05, 0) is 18.8 Å². The molecule has 0 unspecified atom stereocenters. The van der Waals surface area contributed by atoms with Gasteiger partial charge in [0.15, 0.2) is 5.13 Å². The standard InChI is InChI=1S/C17H24N4O3S/c1-11(2)12-10-25-15(18-12)19-13(22)6-9-21-14(23)17(20-16(21)24)7-4-3-5-8-17/h10-11H,3-9H2,1-2H3,(H,20,24)(H,18,19,22). The Labute approximate surface area is 151 Å². The second-order valence-electron chi connectivity index (χ2n) is 7.06. The molecule has 1 aromatic rings. The molecule has 1 aromatic heterocycles. The summed E-state index contributed by atoms with van der Waals surface area (Å²) in [6, 6.07) is -0.379. The van der Waals surface area contributed by atoms with Crippen LogP contribution < -0.4 is 10.6 Å². The summed E-state index contributed by atoms with van der Waals surface area (Å²) < 4.78 is 0. The quantitative estimate of drug-likeness (QED) is 0.786. The van der Waals surface area contributed by atoms with E-state index >= 15 is 0 Å². The number of carbonyl (C=O) groups excluding carboxylic acids is 3. The summed E-state index contributed by atoms with van der Waals surface area (Å²) in [5, 5.41) is 8.07. The molecule has 4 amide bonds. The lowest BCUT2D eigenvalue weighted by atomic mass is 9.82. The zero-order chi connectivity index (χ0) is 18.0. The van der Waals surface area contributed by atoms with Crippen molar-refractivity contribution < 1.29 is 14.4 Å². The molecule has 0 bridgehead atoms. The largest absolute Gasteiger partial charge is 0.325 e. The number of nitrogens with one attached hydrogen (secondary N) is 2. The summed E-state index contributed by atoms with van der Waals surface area (Å²) in [5.41, 5.74) is 0.210. The van der Waals surface area contributed by atoms with Gasteiger partial charge in [0.1, 0.15) is 5.54 Å². The molecule has 0 aromatic carbocycles. The number of amides is 4. The molecule has 1 saturated carbocycles. The average molecular weight is 364 g/mol. The van der Waals surface area contributed by atoms with E-state index in [1.54, 1.807) is 0 Å². The summed E-state index contributed by atoms with van der Waals surface area (Å²) in [4.78, 5) is 42.5. The van der Waals surface area contributed by atoms with E-state index in [1.165, 1.54) is 16.2 Å². The second kappa shape index (κ2) is 7.11. The Bertz CT molecular complexity index is 679. The zero-order valence-electron chi connectivity index (χ0n) is 14.6. The Kier molecular flexibility index (Phi) is 5.08. The molecule has 2 heterocycles. The van der Waals surface area contributed by atoms with Gasteiger partial charge in [-0.15, -0.1) is 11.3 Å². The van der Waals surface area contributed by atoms with Crippen molar-refractivity contribution in [3.05, 3.63) is 11.1 Å². The third kappa shape index (κ3) is 3.68. The van der Waals surface area contributed by atoms with Crippen molar-refractivity contribution in [3.63, 3.8) is 0 Å². The molecule has 0 radical (unpaired) electrons. The maximum Gasteiger partial charge on any atom is 0.325 e. The molecule has 136 valence electrons. The number of aromatic nitrogens is 1. The van der Waals surface area contributed by atoms with E-state index in [9.17, 15) is 14.4 Å². The molecule has 1 aliphatic heterocycles. The lowest BCUT2D eigenvalue weighted by molar-refractivity contribution is -0.132. The molecule has 8 heteroatoms. The average Bonchev–Trinajstić information content (AvgIpc) is 3.11. The smallest absolute Gasteiger partial charge is 0.323 e. The first kappa shape index (κ1) is 17.8. The Morgan fingerprint density at radius 3 is 2.72 bits per heavy atom. The van der Waals surface area contributed by atoms with E-state index in [0.717, 1.165) is 25.0 Å². The number of thiazole rings is 1. The molecule has 2 N–H and O–H groups in total. The molecule has 2 fully saturated rings. The van der Waals surface area contributed by atoms with Crippen LogP contribution in [0.1, 0.15) is 64.0 Å². The number of nitrogens with zero attached hydrogens (tertiary/aromatic N) is 2. The van der Waals surface area contributed by atoms with Crippen LogP contribution in [0.2, 0.25) is 0 Å². The Morgan fingerprint density at radius 2 is 2.08 bits per heavy atom. The Morgan fingerprint density at radius 1 is 1.36 bits per heavy atom. The summed E-state index contributed by atoms with van der Waals surface area (Å²) in [6.07, 6.45) is 4.45. The normalized spacial score (nSPS) is 19.6. The van der Waals surface area contributed by atoms with Gasteiger partial charge < -0.3 is 10.6 Å². The van der Waals surface area contributed by atoms with Crippen molar-refractivity contribution >= 4 is 34.3 Å². The van der Waals surface area contributed by atoms with E-state index in [0.29, 0.717) is 23.9 Å². The zero-order valence-corrected chi connectivity index (χ0v) is 15.4. The van der Waals surface area contributed by atoms with Gasteiger partial charge in [-0.3, -0.25) is 14.5 Å². The van der Waals surface area contributed by atoms with Crippen LogP contribution >= 0.6 is 11.3 Å². The highest BCUT2D eigenvalue weighted by Crippen LogP contribution is 2.33. The van der Waals surface area contributed by atoms with Crippen LogP contribution in [0.4, 0.5) is 9.93 Å². The molecular formula is C17H24N4O3S. The fourth-order valence-corrected chi connectivity index (χ4v) is 4.27. The summed E-state index contributed by atoms with van der Waals surface area (Å²) in [6.45, 7) is 4.18. The van der Waals surface area contributed by atoms with Crippen LogP contribution in [0, 0.1) is 0 Å². The van der Waals surface area contributed by atoms with E-state index in [1.807, 2.05) is 19.2 Å². The fraction of sp³-hybridized carbons (Fsp3) is 0.647. The number of rotatable bonds is 5.